The molecule has 7 nitrogen and oxygen atoms in total. The van der Waals surface area contributed by atoms with Gasteiger partial charge < -0.3 is 14.2 Å². The summed E-state index contributed by atoms with van der Waals surface area (Å²) in [6.07, 6.45) is 1.73. The zero-order chi connectivity index (χ0) is 24.6. The lowest BCUT2D eigenvalue weighted by molar-refractivity contribution is -0.145. The molecule has 33 heavy (non-hydrogen) atoms. The quantitative estimate of drug-likeness (QED) is 0.357. The van der Waals surface area contributed by atoms with Gasteiger partial charge in [0, 0.05) is 0 Å². The smallest absolute Gasteiger partial charge is 0.457 e. The summed E-state index contributed by atoms with van der Waals surface area (Å²) in [5.41, 5.74) is -0.689. The molecule has 0 aliphatic heterocycles. The van der Waals surface area contributed by atoms with Crippen LogP contribution in [-0.2, 0) is 14.3 Å². The lowest BCUT2D eigenvalue weighted by Crippen LogP contribution is -2.43. The minimum atomic E-state index is -0.994. The molecule has 0 radical (unpaired) electrons. The van der Waals surface area contributed by atoms with Gasteiger partial charge in [0.25, 0.3) is 0 Å². The standard InChI is InChI=1S/C26H33NO6/c1-19(27(23(28)31-25(2,3)4)33-24(29)32-26(5,6)7)16-17-20-12-11-15-22(18-20)30-21-13-9-8-10-14-21/h8-19H,1-7H3/b17-16+. The van der Waals surface area contributed by atoms with E-state index in [9.17, 15) is 9.59 Å². The molecule has 0 saturated carbocycles. The van der Waals surface area contributed by atoms with Gasteiger partial charge in [-0.25, -0.2) is 9.59 Å². The predicted octanol–water partition coefficient (Wildman–Crippen LogP) is 6.98. The Kier molecular flexibility index (Phi) is 8.51. The maximum Gasteiger partial charge on any atom is 0.534 e. The Balaban J connectivity index is 2.16. The van der Waals surface area contributed by atoms with E-state index in [0.717, 1.165) is 16.4 Å². The normalized spacial score (nSPS) is 12.7. The number of hydroxylamine groups is 2. The van der Waals surface area contributed by atoms with Gasteiger partial charge in [0.15, 0.2) is 0 Å². The molecule has 2 aromatic rings. The summed E-state index contributed by atoms with van der Waals surface area (Å²) < 4.78 is 16.4. The van der Waals surface area contributed by atoms with Gasteiger partial charge in [-0.1, -0.05) is 42.5 Å². The Bertz CT molecular complexity index is 957. The lowest BCUT2D eigenvalue weighted by Gasteiger charge is -2.29. The predicted molar refractivity (Wildman–Crippen MR) is 127 cm³/mol. The second kappa shape index (κ2) is 10.9. The number of carbonyl (C=O) groups is 2. The molecule has 1 atom stereocenters. The summed E-state index contributed by atoms with van der Waals surface area (Å²) in [6.45, 7) is 12.0. The Morgan fingerprint density at radius 3 is 2.06 bits per heavy atom. The van der Waals surface area contributed by atoms with E-state index in [1.807, 2.05) is 54.6 Å². The monoisotopic (exact) mass is 455 g/mol. The Morgan fingerprint density at radius 2 is 1.45 bits per heavy atom. The minimum absolute atomic E-state index is 0.633. The van der Waals surface area contributed by atoms with Gasteiger partial charge in [0.2, 0.25) is 0 Å². The highest BCUT2D eigenvalue weighted by atomic mass is 16.8. The molecule has 0 aliphatic carbocycles. The van der Waals surface area contributed by atoms with E-state index in [4.69, 9.17) is 19.0 Å². The van der Waals surface area contributed by atoms with Crippen LogP contribution < -0.4 is 4.74 Å². The summed E-state index contributed by atoms with van der Waals surface area (Å²) in [6, 6.07) is 16.3. The van der Waals surface area contributed by atoms with Gasteiger partial charge >= 0.3 is 12.2 Å². The van der Waals surface area contributed by atoms with Gasteiger partial charge in [-0.3, -0.25) is 4.84 Å². The Hall–Kier alpha value is -3.48. The summed E-state index contributed by atoms with van der Waals surface area (Å²) in [7, 11) is 0. The van der Waals surface area contributed by atoms with Crippen LogP contribution in [0.2, 0.25) is 0 Å². The van der Waals surface area contributed by atoms with E-state index in [2.05, 4.69) is 0 Å². The molecule has 0 aliphatic rings. The van der Waals surface area contributed by atoms with Crippen molar-refractivity contribution >= 4 is 18.3 Å². The van der Waals surface area contributed by atoms with Crippen LogP contribution in [0.25, 0.3) is 6.08 Å². The van der Waals surface area contributed by atoms with Crippen molar-refractivity contribution in [1.29, 1.82) is 0 Å². The molecule has 0 spiro atoms. The number of nitrogens with zero attached hydrogens (tertiary/aromatic N) is 1. The number of amides is 1. The summed E-state index contributed by atoms with van der Waals surface area (Å²) in [5.74, 6) is 1.40. The molecule has 0 saturated heterocycles. The maximum atomic E-state index is 12.7. The maximum absolute atomic E-state index is 12.7. The van der Waals surface area contributed by atoms with E-state index in [1.165, 1.54) is 0 Å². The highest BCUT2D eigenvalue weighted by Gasteiger charge is 2.30. The molecule has 1 unspecified atom stereocenters. The number of rotatable bonds is 5. The molecule has 0 fully saturated rings. The van der Waals surface area contributed by atoms with Crippen LogP contribution in [0.5, 0.6) is 11.5 Å². The third-order valence-corrected chi connectivity index (χ3v) is 3.91. The van der Waals surface area contributed by atoms with Crippen LogP contribution in [0.1, 0.15) is 54.0 Å². The van der Waals surface area contributed by atoms with Gasteiger partial charge in [0.05, 0.1) is 6.04 Å². The zero-order valence-corrected chi connectivity index (χ0v) is 20.3. The fourth-order valence-corrected chi connectivity index (χ4v) is 2.58. The highest BCUT2D eigenvalue weighted by Crippen LogP contribution is 2.23. The van der Waals surface area contributed by atoms with E-state index in [0.29, 0.717) is 5.75 Å². The van der Waals surface area contributed by atoms with Gasteiger partial charge in [0.1, 0.15) is 22.7 Å². The van der Waals surface area contributed by atoms with E-state index < -0.39 is 29.5 Å². The van der Waals surface area contributed by atoms with Crippen molar-refractivity contribution in [3.8, 4) is 11.5 Å². The molecule has 7 heteroatoms. The van der Waals surface area contributed by atoms with Crippen molar-refractivity contribution in [2.75, 3.05) is 0 Å². The fourth-order valence-electron chi connectivity index (χ4n) is 2.58. The van der Waals surface area contributed by atoms with E-state index in [-0.39, 0.29) is 0 Å². The largest absolute Gasteiger partial charge is 0.534 e. The Morgan fingerprint density at radius 1 is 0.848 bits per heavy atom. The van der Waals surface area contributed by atoms with Gasteiger partial charge in [-0.15, -0.1) is 5.06 Å². The number of benzene rings is 2. The number of ether oxygens (including phenoxy) is 3. The average Bonchev–Trinajstić information content (AvgIpc) is 2.68. The zero-order valence-electron chi connectivity index (χ0n) is 20.3. The second-order valence-corrected chi connectivity index (χ2v) is 9.45. The summed E-state index contributed by atoms with van der Waals surface area (Å²) in [5, 5.41) is 0.861. The van der Waals surface area contributed by atoms with Crippen molar-refractivity contribution in [2.24, 2.45) is 0 Å². The second-order valence-electron chi connectivity index (χ2n) is 9.45. The van der Waals surface area contributed by atoms with Gasteiger partial charge in [-0.05, 0) is 78.3 Å². The average molecular weight is 456 g/mol. The van der Waals surface area contributed by atoms with Crippen LogP contribution >= 0.6 is 0 Å². The van der Waals surface area contributed by atoms with Crippen LogP contribution in [-0.4, -0.2) is 34.6 Å². The number of para-hydroxylation sites is 1. The first kappa shape index (κ1) is 25.8. The summed E-state index contributed by atoms with van der Waals surface area (Å²) >= 11 is 0. The fraction of sp³-hybridized carbons (Fsp3) is 0.385. The molecule has 0 aromatic heterocycles. The first-order valence-corrected chi connectivity index (χ1v) is 10.8. The first-order chi connectivity index (χ1) is 15.3. The lowest BCUT2D eigenvalue weighted by atomic mass is 10.1. The summed E-state index contributed by atoms with van der Waals surface area (Å²) in [4.78, 5) is 30.1. The van der Waals surface area contributed by atoms with Crippen LogP contribution in [0.4, 0.5) is 9.59 Å². The molecular formula is C26H33NO6. The van der Waals surface area contributed by atoms with Crippen LogP contribution in [0.15, 0.2) is 60.7 Å². The molecular weight excluding hydrogens is 422 g/mol. The molecule has 1 amide bonds. The highest BCUT2D eigenvalue weighted by molar-refractivity contribution is 5.71. The SMILES string of the molecule is CC(/C=C/c1cccc(Oc2ccccc2)c1)N(OC(=O)OC(C)(C)C)C(=O)OC(C)(C)C. The third kappa shape index (κ3) is 9.68. The molecule has 0 bridgehead atoms. The van der Waals surface area contributed by atoms with E-state index >= 15 is 0 Å². The third-order valence-electron chi connectivity index (χ3n) is 3.91. The van der Waals surface area contributed by atoms with Crippen LogP contribution in [0.3, 0.4) is 0 Å². The Labute approximate surface area is 195 Å². The van der Waals surface area contributed by atoms with E-state index in [1.54, 1.807) is 60.6 Å². The van der Waals surface area contributed by atoms with Crippen molar-refractivity contribution < 1.29 is 28.6 Å². The molecule has 2 aromatic carbocycles. The van der Waals surface area contributed by atoms with Crippen molar-refractivity contribution in [1.82, 2.24) is 5.06 Å². The van der Waals surface area contributed by atoms with Crippen molar-refractivity contribution in [2.45, 2.75) is 65.7 Å². The first-order valence-electron chi connectivity index (χ1n) is 10.8. The van der Waals surface area contributed by atoms with Crippen molar-refractivity contribution in [3.05, 3.63) is 66.2 Å². The molecule has 2 rings (SSSR count). The molecule has 0 heterocycles. The topological polar surface area (TPSA) is 74.3 Å². The molecule has 178 valence electrons. The number of hydrogen-bond acceptors (Lipinski definition) is 6. The molecule has 0 N–H and O–H groups in total. The minimum Gasteiger partial charge on any atom is -0.457 e. The van der Waals surface area contributed by atoms with Crippen molar-refractivity contribution in [3.63, 3.8) is 0 Å². The van der Waals surface area contributed by atoms with Crippen LogP contribution in [0, 0.1) is 0 Å². The number of hydrogen-bond donors (Lipinski definition) is 0. The number of carbonyl (C=O) groups excluding carboxylic acids is 2. The van der Waals surface area contributed by atoms with Gasteiger partial charge in [-0.2, -0.15) is 0 Å².